The normalized spacial score (nSPS) is 10.3. The van der Waals surface area contributed by atoms with E-state index >= 15 is 0 Å². The van der Waals surface area contributed by atoms with E-state index in [1.165, 1.54) is 0 Å². The average molecular weight is 1220 g/mol. The van der Waals surface area contributed by atoms with Crippen LogP contribution in [0.4, 0.5) is 0 Å². The van der Waals surface area contributed by atoms with Crippen molar-refractivity contribution in [2.24, 2.45) is 0 Å². The molecule has 0 fully saturated rings. The topological polar surface area (TPSA) is 155 Å². The van der Waals surface area contributed by atoms with E-state index in [1.807, 2.05) is 257 Å². The lowest BCUT2D eigenvalue weighted by Gasteiger charge is -2.11. The Hall–Kier alpha value is -9.29. The molecule has 12 rings (SSSR count). The number of ether oxygens (including phenoxy) is 4. The maximum Gasteiger partial charge on any atom is 0.643 e. The van der Waals surface area contributed by atoms with E-state index in [9.17, 15) is 5.11 Å². The number of aromatic hydroxyl groups is 2. The van der Waals surface area contributed by atoms with Crippen LogP contribution in [0.2, 0.25) is 5.28 Å². The van der Waals surface area contributed by atoms with E-state index in [2.05, 4.69) is 15.0 Å². The minimum Gasteiger partial charge on any atom is -0.508 e. The van der Waals surface area contributed by atoms with E-state index in [4.69, 9.17) is 80.8 Å². The quantitative estimate of drug-likeness (QED) is 0.106. The van der Waals surface area contributed by atoms with E-state index in [1.54, 1.807) is 18.2 Å². The van der Waals surface area contributed by atoms with Gasteiger partial charge in [-0.1, -0.05) is 91.0 Å². The van der Waals surface area contributed by atoms with Crippen molar-refractivity contribution in [2.45, 2.75) is 13.8 Å². The number of rotatable bonds is 13. The molecule has 2 aromatic heterocycles. The van der Waals surface area contributed by atoms with Crippen LogP contribution >= 0.6 is 41.7 Å². The minimum atomic E-state index is -1.72. The molecule has 0 atom stereocenters. The molecule has 420 valence electrons. The number of para-hydroxylation sites is 4. The summed E-state index contributed by atoms with van der Waals surface area (Å²) in [6, 6.07) is 81.3. The second-order valence-corrected chi connectivity index (χ2v) is 25.2. The van der Waals surface area contributed by atoms with Gasteiger partial charge in [0, 0.05) is 22.3 Å². The van der Waals surface area contributed by atoms with Crippen LogP contribution in [-0.4, -0.2) is 51.5 Å². The van der Waals surface area contributed by atoms with Crippen molar-refractivity contribution < 1.29 is 29.2 Å². The summed E-state index contributed by atoms with van der Waals surface area (Å²) >= 11 is 4.49. The SMILES string of the molecule is Cc1ccc(-c2nc(-c3ccc(Oc4ccccc4)cc3)nc(-c3ccc(Oc4ccccc4)cc3)n2)c(O)c1.Cc1cccc(O)c1.Clc1nc(-c2ccc(Oc3ccccc3)cc2)nc(-c2ccc(Oc3ccccc3)cc2)n1.[Cl][Al]([Cl])[Cl]. The first-order valence-corrected chi connectivity index (χ1v) is 32.0. The molecular weight excluding hydrogens is 1170 g/mol. The van der Waals surface area contributed by atoms with Crippen molar-refractivity contribution in [3.05, 3.63) is 277 Å². The first kappa shape index (κ1) is 60.3. The molecule has 0 saturated heterocycles. The lowest BCUT2D eigenvalue weighted by Crippen LogP contribution is -2.00. The van der Waals surface area contributed by atoms with Gasteiger partial charge in [0.1, 0.15) is 57.5 Å². The number of phenolic OH excluding ortho intramolecular Hbond substituents is 2. The molecule has 0 unspecified atom stereocenters. The Labute approximate surface area is 514 Å². The smallest absolute Gasteiger partial charge is 0.508 e. The number of benzene rings is 10. The van der Waals surface area contributed by atoms with Gasteiger partial charge in [-0.2, -0.15) is 9.97 Å². The Morgan fingerprint density at radius 2 is 0.588 bits per heavy atom. The molecule has 0 bridgehead atoms. The summed E-state index contributed by atoms with van der Waals surface area (Å²) in [4.78, 5) is 27.4. The fourth-order valence-corrected chi connectivity index (χ4v) is 8.17. The van der Waals surface area contributed by atoms with Crippen LogP contribution in [0, 0.1) is 13.8 Å². The van der Waals surface area contributed by atoms with Gasteiger partial charge in [0.25, 0.3) is 0 Å². The van der Waals surface area contributed by atoms with Gasteiger partial charge in [0.2, 0.25) is 5.28 Å². The van der Waals surface area contributed by atoms with Crippen LogP contribution in [0.3, 0.4) is 0 Å². The third-order valence-corrected chi connectivity index (χ3v) is 12.2. The summed E-state index contributed by atoms with van der Waals surface area (Å²) in [7, 11) is 14.8. The average Bonchev–Trinajstić information content (AvgIpc) is 3.70. The molecule has 0 amide bonds. The number of hydrogen-bond donors (Lipinski definition) is 2. The zero-order valence-corrected chi connectivity index (χ0v) is 49.8. The highest BCUT2D eigenvalue weighted by molar-refractivity contribution is 7.54. The summed E-state index contributed by atoms with van der Waals surface area (Å²) in [5, 5.41) is 19.6. The van der Waals surface area contributed by atoms with Crippen molar-refractivity contribution in [3.63, 3.8) is 0 Å². The number of hydrogen-bond acceptors (Lipinski definition) is 12. The number of halogens is 4. The predicted molar refractivity (Wildman–Crippen MR) is 340 cm³/mol. The molecule has 85 heavy (non-hydrogen) atoms. The molecule has 12 aromatic rings. The molecule has 0 radical (unpaired) electrons. The van der Waals surface area contributed by atoms with E-state index in [0.717, 1.165) is 67.9 Å². The Bertz CT molecular complexity index is 3810. The molecule has 17 heteroatoms. The van der Waals surface area contributed by atoms with E-state index in [-0.39, 0.29) is 11.0 Å². The summed E-state index contributed by atoms with van der Waals surface area (Å²) < 4.78 is 23.6. The Balaban J connectivity index is 0.000000172. The number of nitrogens with zero attached hydrogens (tertiary/aromatic N) is 6. The van der Waals surface area contributed by atoms with Crippen LogP contribution in [0.5, 0.6) is 57.5 Å². The third-order valence-electron chi connectivity index (χ3n) is 12.0. The van der Waals surface area contributed by atoms with Gasteiger partial charge in [0.15, 0.2) is 29.1 Å². The fraction of sp³-hybridized carbons (Fsp3) is 0.0294. The first-order chi connectivity index (χ1) is 41.3. The molecule has 10 aromatic carbocycles. The maximum atomic E-state index is 10.7. The monoisotopic (exact) mass is 1210 g/mol. The molecule has 0 aliphatic heterocycles. The summed E-state index contributed by atoms with van der Waals surface area (Å²) in [5.74, 6) is 8.68. The summed E-state index contributed by atoms with van der Waals surface area (Å²) in [6.45, 7) is 3.87. The zero-order valence-electron chi connectivity index (χ0n) is 45.6. The van der Waals surface area contributed by atoms with Crippen molar-refractivity contribution >= 4 is 53.1 Å². The molecule has 0 saturated carbocycles. The van der Waals surface area contributed by atoms with Crippen molar-refractivity contribution in [1.29, 1.82) is 0 Å². The van der Waals surface area contributed by atoms with Gasteiger partial charge in [0.05, 0.1) is 5.56 Å². The van der Waals surface area contributed by atoms with Gasteiger partial charge >= 0.3 is 11.4 Å². The Morgan fingerprint density at radius 1 is 0.306 bits per heavy atom. The molecular formula is C68H51AlCl4N6O6. The van der Waals surface area contributed by atoms with Crippen LogP contribution in [0.15, 0.2) is 261 Å². The number of aromatic nitrogens is 6. The fourth-order valence-electron chi connectivity index (χ4n) is 8.01. The minimum absolute atomic E-state index is 0.112. The van der Waals surface area contributed by atoms with Gasteiger partial charge in [-0.25, -0.2) is 50.1 Å². The molecule has 0 spiro atoms. The number of phenols is 2. The standard InChI is InChI=1S/C34H25N3O3.C27H18ClN3O2.C7H8O.Al.3ClH/c1-23-12-21-30(31(38)22-23)34-36-32(24-13-17-28(18-14-24)39-26-8-4-2-5-9-26)35-33(37-34)25-15-19-29(20-16-25)40-27-10-6-3-7-11-27;28-27-30-25(19-11-15-23(16-12-19)32-21-7-3-1-4-8-21)29-26(31-27)20-13-17-24(18-14-20)33-22-9-5-2-6-10-22;1-6-3-2-4-7(8)5-6;;;;/h2-22,38H,1H3;1-18H;2-5,8H,1H3;;3*1H/q;;;+3;;;/p-3. The Morgan fingerprint density at radius 3 is 0.871 bits per heavy atom. The lowest BCUT2D eigenvalue weighted by atomic mass is 10.1. The molecule has 2 N–H and O–H groups in total. The molecule has 0 aliphatic rings. The van der Waals surface area contributed by atoms with Crippen molar-refractivity contribution in [3.8, 4) is 114 Å². The van der Waals surface area contributed by atoms with Crippen LogP contribution in [0.25, 0.3) is 56.9 Å². The van der Waals surface area contributed by atoms with Crippen LogP contribution < -0.4 is 18.9 Å². The van der Waals surface area contributed by atoms with Gasteiger partial charge in [-0.3, -0.25) is 0 Å². The van der Waals surface area contributed by atoms with Gasteiger partial charge in [-0.05, 0) is 206 Å². The largest absolute Gasteiger partial charge is 0.643 e. The van der Waals surface area contributed by atoms with Gasteiger partial charge < -0.3 is 29.2 Å². The lowest BCUT2D eigenvalue weighted by molar-refractivity contribution is 0.474. The summed E-state index contributed by atoms with van der Waals surface area (Å²) in [6.07, 6.45) is 0. The second-order valence-electron chi connectivity index (χ2n) is 18.4. The highest BCUT2D eigenvalue weighted by atomic mass is 35.8. The Kier molecular flexibility index (Phi) is 21.5. The van der Waals surface area contributed by atoms with Crippen molar-refractivity contribution in [2.75, 3.05) is 0 Å². The van der Waals surface area contributed by atoms with E-state index < -0.39 is 11.4 Å². The highest BCUT2D eigenvalue weighted by Gasteiger charge is 2.16. The first-order valence-electron chi connectivity index (χ1n) is 26.3. The van der Waals surface area contributed by atoms with Crippen LogP contribution in [-0.2, 0) is 0 Å². The van der Waals surface area contributed by atoms with Crippen molar-refractivity contribution in [1.82, 2.24) is 29.9 Å². The maximum absolute atomic E-state index is 10.7. The molecule has 2 heterocycles. The van der Waals surface area contributed by atoms with Crippen LogP contribution in [0.1, 0.15) is 11.1 Å². The second kappa shape index (κ2) is 30.3. The van der Waals surface area contributed by atoms with Gasteiger partial charge in [-0.15, -0.1) is 0 Å². The molecule has 12 nitrogen and oxygen atoms in total. The molecule has 0 aliphatic carbocycles. The zero-order chi connectivity index (χ0) is 59.3. The van der Waals surface area contributed by atoms with E-state index in [0.29, 0.717) is 51.9 Å². The third kappa shape index (κ3) is 18.6. The highest BCUT2D eigenvalue weighted by Crippen LogP contribution is 2.34. The number of aryl methyl sites for hydroxylation is 2. The predicted octanol–water partition coefficient (Wildman–Crippen LogP) is 19.3. The summed E-state index contributed by atoms with van der Waals surface area (Å²) in [5.41, 5.74) is 5.77.